The molecule has 1 aromatic heterocycles. The van der Waals surface area contributed by atoms with E-state index < -0.39 is 0 Å². The first-order chi connectivity index (χ1) is 18.2. The van der Waals surface area contributed by atoms with E-state index in [4.69, 9.17) is 9.47 Å². The molecule has 0 bridgehead atoms. The first-order valence-corrected chi connectivity index (χ1v) is 14.3. The maximum Gasteiger partial charge on any atom is 0.195 e. The number of ketones is 1. The topological polar surface area (TPSA) is 38.8 Å². The number of carbonyl (C=O) groups is 1. The number of fused-ring (bicyclic) bond motifs is 1. The Labute approximate surface area is 223 Å². The number of benzene rings is 3. The molecular formula is C32H35NO3S. The highest BCUT2D eigenvalue weighted by Gasteiger charge is 2.21. The number of thiophene rings is 1. The fraction of sp³-hybridized carbons (Fsp3) is 0.344. The largest absolute Gasteiger partial charge is 0.494 e. The van der Waals surface area contributed by atoms with Crippen molar-refractivity contribution < 1.29 is 14.3 Å². The van der Waals surface area contributed by atoms with E-state index in [1.165, 1.54) is 38.8 Å². The first kappa shape index (κ1) is 25.5. The van der Waals surface area contributed by atoms with Gasteiger partial charge in [0.1, 0.15) is 18.1 Å². The quantitative estimate of drug-likeness (QED) is 0.143. The summed E-state index contributed by atoms with van der Waals surface area (Å²) in [5.41, 5.74) is 2.47. The van der Waals surface area contributed by atoms with Crippen LogP contribution in [0.15, 0.2) is 72.8 Å². The van der Waals surface area contributed by atoms with E-state index in [-0.39, 0.29) is 5.78 Å². The molecule has 0 radical (unpaired) electrons. The zero-order chi connectivity index (χ0) is 25.5. The number of hydrogen-bond donors (Lipinski definition) is 0. The molecule has 4 aromatic rings. The zero-order valence-corrected chi connectivity index (χ0v) is 22.4. The van der Waals surface area contributed by atoms with Crippen LogP contribution in [0.25, 0.3) is 20.5 Å². The van der Waals surface area contributed by atoms with Gasteiger partial charge in [0.05, 0.1) is 6.61 Å². The lowest BCUT2D eigenvalue weighted by atomic mass is 9.97. The van der Waals surface area contributed by atoms with E-state index in [1.807, 2.05) is 54.6 Å². The Kier molecular flexibility index (Phi) is 8.54. The Hall–Kier alpha value is -3.15. The van der Waals surface area contributed by atoms with E-state index in [2.05, 4.69) is 30.0 Å². The van der Waals surface area contributed by atoms with Crippen molar-refractivity contribution in [2.75, 3.05) is 32.8 Å². The van der Waals surface area contributed by atoms with Crippen molar-refractivity contribution in [1.82, 2.24) is 4.90 Å². The lowest BCUT2D eigenvalue weighted by Gasteiger charge is -2.15. The van der Waals surface area contributed by atoms with Crippen molar-refractivity contribution in [2.45, 2.75) is 39.0 Å². The Morgan fingerprint density at radius 1 is 0.838 bits per heavy atom. The monoisotopic (exact) mass is 513 g/mol. The summed E-state index contributed by atoms with van der Waals surface area (Å²) in [6, 6.07) is 23.9. The maximum absolute atomic E-state index is 13.8. The summed E-state index contributed by atoms with van der Waals surface area (Å²) in [5.74, 6) is 1.71. The van der Waals surface area contributed by atoms with Gasteiger partial charge in [-0.15, -0.1) is 11.3 Å². The summed E-state index contributed by atoms with van der Waals surface area (Å²) in [7, 11) is 0. The average Bonchev–Trinajstić information content (AvgIpc) is 3.60. The van der Waals surface area contributed by atoms with Gasteiger partial charge in [0.15, 0.2) is 5.78 Å². The van der Waals surface area contributed by atoms with Crippen molar-refractivity contribution in [1.29, 1.82) is 0 Å². The molecule has 1 fully saturated rings. The molecule has 192 valence electrons. The van der Waals surface area contributed by atoms with Crippen molar-refractivity contribution in [3.05, 3.63) is 83.9 Å². The zero-order valence-electron chi connectivity index (χ0n) is 21.6. The molecule has 3 aromatic carbocycles. The van der Waals surface area contributed by atoms with Crippen LogP contribution in [-0.4, -0.2) is 43.5 Å². The van der Waals surface area contributed by atoms with Crippen LogP contribution >= 0.6 is 11.3 Å². The third-order valence-corrected chi connectivity index (χ3v) is 8.17. The third kappa shape index (κ3) is 6.23. The molecule has 0 saturated carbocycles. The molecule has 0 atom stereocenters. The van der Waals surface area contributed by atoms with Crippen LogP contribution in [0.1, 0.15) is 54.9 Å². The fourth-order valence-corrected chi connectivity index (χ4v) is 6.07. The normalized spacial score (nSPS) is 13.8. The van der Waals surface area contributed by atoms with Gasteiger partial charge in [0, 0.05) is 32.6 Å². The van der Waals surface area contributed by atoms with E-state index >= 15 is 0 Å². The second kappa shape index (κ2) is 12.4. The molecule has 2 heterocycles. The summed E-state index contributed by atoms with van der Waals surface area (Å²) in [6.07, 6.45) is 5.99. The van der Waals surface area contributed by atoms with Gasteiger partial charge in [-0.05, 0) is 92.5 Å². The molecular weight excluding hydrogens is 478 g/mol. The molecule has 37 heavy (non-hydrogen) atoms. The lowest BCUT2D eigenvalue weighted by molar-refractivity contribution is 0.104. The average molecular weight is 514 g/mol. The molecule has 1 aliphatic rings. The van der Waals surface area contributed by atoms with E-state index in [1.54, 1.807) is 11.3 Å². The molecule has 0 unspecified atom stereocenters. The summed E-state index contributed by atoms with van der Waals surface area (Å²) in [5, 5.41) is 0.998. The third-order valence-electron chi connectivity index (χ3n) is 6.95. The van der Waals surface area contributed by atoms with Crippen LogP contribution in [-0.2, 0) is 0 Å². The van der Waals surface area contributed by atoms with Gasteiger partial charge < -0.3 is 9.47 Å². The Balaban J connectivity index is 1.34. The molecule has 0 spiro atoms. The highest BCUT2D eigenvalue weighted by molar-refractivity contribution is 7.22. The van der Waals surface area contributed by atoms with Gasteiger partial charge >= 0.3 is 0 Å². The number of hydrogen-bond acceptors (Lipinski definition) is 5. The van der Waals surface area contributed by atoms with E-state index in [9.17, 15) is 4.79 Å². The molecule has 0 aliphatic carbocycles. The van der Waals surface area contributed by atoms with Crippen molar-refractivity contribution >= 4 is 27.2 Å². The van der Waals surface area contributed by atoms with Gasteiger partial charge in [-0.1, -0.05) is 38.0 Å². The SMILES string of the molecule is CCCCCOc1ccc(-c2sc3ccccc3c2C(=O)c2ccc(OCCN3CCCC3)cc2)cc1. The number of ether oxygens (including phenoxy) is 2. The summed E-state index contributed by atoms with van der Waals surface area (Å²) >= 11 is 1.67. The van der Waals surface area contributed by atoms with Gasteiger partial charge in [-0.2, -0.15) is 0 Å². The van der Waals surface area contributed by atoms with Gasteiger partial charge in [-0.25, -0.2) is 0 Å². The minimum absolute atomic E-state index is 0.0379. The van der Waals surface area contributed by atoms with Crippen LogP contribution in [0.5, 0.6) is 11.5 Å². The van der Waals surface area contributed by atoms with Gasteiger partial charge in [-0.3, -0.25) is 9.69 Å². The number of nitrogens with zero attached hydrogens (tertiary/aromatic N) is 1. The predicted molar refractivity (Wildman–Crippen MR) is 153 cm³/mol. The Bertz CT molecular complexity index is 1300. The van der Waals surface area contributed by atoms with Gasteiger partial charge in [0.25, 0.3) is 0 Å². The minimum Gasteiger partial charge on any atom is -0.494 e. The standard InChI is InChI=1S/C32H35NO3S/c1-2-3-8-22-35-26-17-13-25(14-18-26)32-30(28-9-4-5-10-29(28)37-32)31(34)24-11-15-27(16-12-24)36-23-21-33-19-6-7-20-33/h4-5,9-18H,2-3,6-8,19-23H2,1H3. The van der Waals surface area contributed by atoms with Crippen molar-refractivity contribution in [2.24, 2.45) is 0 Å². The van der Waals surface area contributed by atoms with E-state index in [0.29, 0.717) is 12.2 Å². The van der Waals surface area contributed by atoms with Crippen molar-refractivity contribution in [3.8, 4) is 21.9 Å². The molecule has 1 saturated heterocycles. The molecule has 5 heteroatoms. The number of carbonyl (C=O) groups excluding carboxylic acids is 1. The molecule has 1 aliphatic heterocycles. The fourth-order valence-electron chi connectivity index (χ4n) is 4.86. The number of likely N-dealkylation sites (tertiary alicyclic amines) is 1. The first-order valence-electron chi connectivity index (χ1n) is 13.5. The summed E-state index contributed by atoms with van der Waals surface area (Å²) < 4.78 is 13.0. The van der Waals surface area contributed by atoms with Crippen LogP contribution in [0, 0.1) is 0 Å². The smallest absolute Gasteiger partial charge is 0.195 e. The molecule has 5 rings (SSSR count). The maximum atomic E-state index is 13.8. The number of rotatable bonds is 12. The molecule has 0 N–H and O–H groups in total. The second-order valence-electron chi connectivity index (χ2n) is 9.63. The van der Waals surface area contributed by atoms with Crippen LogP contribution in [0.4, 0.5) is 0 Å². The van der Waals surface area contributed by atoms with Crippen LogP contribution in [0.3, 0.4) is 0 Å². The van der Waals surface area contributed by atoms with Crippen molar-refractivity contribution in [3.63, 3.8) is 0 Å². The van der Waals surface area contributed by atoms with E-state index in [0.717, 1.165) is 57.2 Å². The minimum atomic E-state index is 0.0379. The molecule has 0 amide bonds. The predicted octanol–water partition coefficient (Wildman–Crippen LogP) is 7.84. The summed E-state index contributed by atoms with van der Waals surface area (Å²) in [6.45, 7) is 6.89. The van der Waals surface area contributed by atoms with Crippen LogP contribution < -0.4 is 9.47 Å². The highest BCUT2D eigenvalue weighted by atomic mass is 32.1. The lowest BCUT2D eigenvalue weighted by Crippen LogP contribution is -2.25. The molecule has 4 nitrogen and oxygen atoms in total. The van der Waals surface area contributed by atoms with Crippen LogP contribution in [0.2, 0.25) is 0 Å². The summed E-state index contributed by atoms with van der Waals surface area (Å²) in [4.78, 5) is 17.3. The Morgan fingerprint density at radius 2 is 1.51 bits per heavy atom. The highest BCUT2D eigenvalue weighted by Crippen LogP contribution is 2.40. The van der Waals surface area contributed by atoms with Gasteiger partial charge in [0.2, 0.25) is 0 Å². The number of unbranched alkanes of at least 4 members (excludes halogenated alkanes) is 2. The Morgan fingerprint density at radius 3 is 2.24 bits per heavy atom. The second-order valence-corrected chi connectivity index (χ2v) is 10.7.